The van der Waals surface area contributed by atoms with E-state index in [2.05, 4.69) is 24.1 Å². The van der Waals surface area contributed by atoms with Crippen LogP contribution in [0.4, 0.5) is 5.82 Å². The van der Waals surface area contributed by atoms with Crippen LogP contribution in [0, 0.1) is 5.92 Å². The average Bonchev–Trinajstić information content (AvgIpc) is 2.28. The van der Waals surface area contributed by atoms with E-state index in [0.717, 1.165) is 6.42 Å². The molecule has 0 bridgehead atoms. The Bertz CT molecular complexity index is 407. The van der Waals surface area contributed by atoms with E-state index in [-0.39, 0.29) is 23.5 Å². The molecule has 1 rings (SSSR count). The molecule has 0 saturated heterocycles. The molecular weight excluding hydrogens is 238 g/mol. The van der Waals surface area contributed by atoms with Gasteiger partial charge in [-0.1, -0.05) is 32.4 Å². The third-order valence-corrected chi connectivity index (χ3v) is 2.95. The zero-order valence-electron chi connectivity index (χ0n) is 10.3. The minimum Gasteiger partial charge on any atom is -0.384 e. The van der Waals surface area contributed by atoms with Gasteiger partial charge in [0.1, 0.15) is 11.5 Å². The fourth-order valence-electron chi connectivity index (χ4n) is 1.59. The fraction of sp³-hybridized carbons (Fsp3) is 0.500. The summed E-state index contributed by atoms with van der Waals surface area (Å²) in [5, 5.41) is 3.22. The normalized spacial score (nSPS) is 12.5. The number of nitrogens with one attached hydrogen (secondary N) is 1. The summed E-state index contributed by atoms with van der Waals surface area (Å²) < 4.78 is 0. The number of hydrogen-bond acceptors (Lipinski definition) is 3. The molecule has 5 heteroatoms. The summed E-state index contributed by atoms with van der Waals surface area (Å²) in [5.41, 5.74) is 5.72. The van der Waals surface area contributed by atoms with Crippen molar-refractivity contribution < 1.29 is 4.79 Å². The van der Waals surface area contributed by atoms with Gasteiger partial charge in [0.25, 0.3) is 5.91 Å². The average molecular weight is 256 g/mol. The first-order chi connectivity index (χ1) is 7.95. The van der Waals surface area contributed by atoms with E-state index in [1.165, 1.54) is 0 Å². The summed E-state index contributed by atoms with van der Waals surface area (Å²) >= 11 is 5.92. The first-order valence-corrected chi connectivity index (χ1v) is 6.06. The molecule has 4 nitrogen and oxygen atoms in total. The van der Waals surface area contributed by atoms with Gasteiger partial charge in [-0.05, 0) is 24.5 Å². The second-order valence-corrected chi connectivity index (χ2v) is 4.71. The topological polar surface area (TPSA) is 68.0 Å². The highest BCUT2D eigenvalue weighted by Gasteiger charge is 2.18. The molecule has 0 saturated carbocycles. The molecule has 0 aromatic carbocycles. The van der Waals surface area contributed by atoms with Crippen LogP contribution in [0.25, 0.3) is 0 Å². The molecule has 1 aromatic rings. The number of aromatic nitrogens is 1. The van der Waals surface area contributed by atoms with E-state index in [9.17, 15) is 4.79 Å². The number of nitrogens with zero attached hydrogens (tertiary/aromatic N) is 1. The molecule has 0 aliphatic carbocycles. The number of hydrogen-bond donors (Lipinski definition) is 2. The quantitative estimate of drug-likeness (QED) is 0.869. The molecule has 1 heterocycles. The number of carbonyl (C=O) groups excluding carboxylic acids is 1. The van der Waals surface area contributed by atoms with Crippen molar-refractivity contribution in [2.24, 2.45) is 5.92 Å². The number of amides is 1. The molecule has 1 atom stereocenters. The monoisotopic (exact) mass is 255 g/mol. The van der Waals surface area contributed by atoms with E-state index in [4.69, 9.17) is 17.3 Å². The predicted octanol–water partition coefficient (Wildman–Crippen LogP) is 2.48. The summed E-state index contributed by atoms with van der Waals surface area (Å²) in [7, 11) is 0. The largest absolute Gasteiger partial charge is 0.384 e. The highest BCUT2D eigenvalue weighted by molar-refractivity contribution is 6.33. The van der Waals surface area contributed by atoms with Crippen molar-refractivity contribution in [3.63, 3.8) is 0 Å². The van der Waals surface area contributed by atoms with E-state index in [1.807, 2.05) is 6.92 Å². The maximum atomic E-state index is 12.0. The molecule has 94 valence electrons. The number of nitrogen functional groups attached to an aromatic ring is 1. The lowest BCUT2D eigenvalue weighted by Crippen LogP contribution is -2.38. The minimum absolute atomic E-state index is 0.113. The van der Waals surface area contributed by atoms with Crippen molar-refractivity contribution >= 4 is 23.3 Å². The smallest absolute Gasteiger partial charge is 0.271 e. The van der Waals surface area contributed by atoms with Crippen LogP contribution in [0.5, 0.6) is 0 Å². The van der Waals surface area contributed by atoms with Crippen molar-refractivity contribution in [3.8, 4) is 0 Å². The van der Waals surface area contributed by atoms with Crippen LogP contribution < -0.4 is 11.1 Å². The lowest BCUT2D eigenvalue weighted by Gasteiger charge is -2.20. The molecule has 1 amide bonds. The molecule has 0 aliphatic rings. The van der Waals surface area contributed by atoms with Crippen molar-refractivity contribution in [3.05, 3.63) is 22.8 Å². The Morgan fingerprint density at radius 1 is 1.53 bits per heavy atom. The molecule has 0 spiro atoms. The van der Waals surface area contributed by atoms with Gasteiger partial charge in [0.15, 0.2) is 0 Å². The van der Waals surface area contributed by atoms with Gasteiger partial charge in [-0.2, -0.15) is 0 Å². The van der Waals surface area contributed by atoms with Crippen LogP contribution in [-0.2, 0) is 0 Å². The van der Waals surface area contributed by atoms with Crippen LogP contribution in [-0.4, -0.2) is 16.9 Å². The summed E-state index contributed by atoms with van der Waals surface area (Å²) in [6.07, 6.45) is 0.864. The van der Waals surface area contributed by atoms with Crippen molar-refractivity contribution in [2.45, 2.75) is 33.2 Å². The van der Waals surface area contributed by atoms with Gasteiger partial charge in [-0.25, -0.2) is 4.98 Å². The van der Waals surface area contributed by atoms with Gasteiger partial charge >= 0.3 is 0 Å². The number of halogens is 1. The van der Waals surface area contributed by atoms with Gasteiger partial charge in [-0.3, -0.25) is 4.79 Å². The standard InChI is InChI=1S/C12H18ClN3O/c1-4-9(7(2)3)15-12(17)11-8(13)5-6-10(14)16-11/h5-7,9H,4H2,1-3H3,(H2,14,16)(H,15,17). The van der Waals surface area contributed by atoms with Crippen LogP contribution in [0.15, 0.2) is 12.1 Å². The van der Waals surface area contributed by atoms with Gasteiger partial charge in [0.05, 0.1) is 5.02 Å². The number of pyridine rings is 1. The molecule has 0 radical (unpaired) electrons. The van der Waals surface area contributed by atoms with Gasteiger partial charge in [0, 0.05) is 6.04 Å². The highest BCUT2D eigenvalue weighted by Crippen LogP contribution is 2.16. The third kappa shape index (κ3) is 3.60. The Morgan fingerprint density at radius 2 is 2.18 bits per heavy atom. The van der Waals surface area contributed by atoms with E-state index in [0.29, 0.717) is 10.9 Å². The van der Waals surface area contributed by atoms with Gasteiger partial charge in [0.2, 0.25) is 0 Å². The van der Waals surface area contributed by atoms with E-state index in [1.54, 1.807) is 12.1 Å². The highest BCUT2D eigenvalue weighted by atomic mass is 35.5. The number of rotatable bonds is 4. The van der Waals surface area contributed by atoms with E-state index >= 15 is 0 Å². The lowest BCUT2D eigenvalue weighted by molar-refractivity contribution is 0.0920. The first-order valence-electron chi connectivity index (χ1n) is 5.68. The zero-order valence-corrected chi connectivity index (χ0v) is 11.1. The maximum Gasteiger partial charge on any atom is 0.271 e. The zero-order chi connectivity index (χ0) is 13.0. The fourth-order valence-corrected chi connectivity index (χ4v) is 1.78. The van der Waals surface area contributed by atoms with Crippen LogP contribution in [0.3, 0.4) is 0 Å². The number of anilines is 1. The molecule has 17 heavy (non-hydrogen) atoms. The van der Waals surface area contributed by atoms with Crippen LogP contribution in [0.1, 0.15) is 37.7 Å². The Kier molecular flexibility index (Phi) is 4.75. The van der Waals surface area contributed by atoms with Gasteiger partial charge < -0.3 is 11.1 Å². The predicted molar refractivity (Wildman–Crippen MR) is 70.0 cm³/mol. The molecular formula is C12H18ClN3O. The molecule has 0 aliphatic heterocycles. The third-order valence-electron chi connectivity index (χ3n) is 2.64. The molecule has 0 fully saturated rings. The minimum atomic E-state index is -0.275. The van der Waals surface area contributed by atoms with Crippen molar-refractivity contribution in [1.29, 1.82) is 0 Å². The summed E-state index contributed by atoms with van der Waals surface area (Å²) in [5.74, 6) is 0.379. The Morgan fingerprint density at radius 3 is 2.71 bits per heavy atom. The molecule has 1 aromatic heterocycles. The van der Waals surface area contributed by atoms with Gasteiger partial charge in [-0.15, -0.1) is 0 Å². The van der Waals surface area contributed by atoms with Crippen molar-refractivity contribution in [2.75, 3.05) is 5.73 Å². The Hall–Kier alpha value is -1.29. The lowest BCUT2D eigenvalue weighted by atomic mass is 10.0. The SMILES string of the molecule is CCC(NC(=O)c1nc(N)ccc1Cl)C(C)C. The number of carbonyl (C=O) groups is 1. The van der Waals surface area contributed by atoms with E-state index < -0.39 is 0 Å². The first kappa shape index (κ1) is 13.8. The summed E-state index contributed by atoms with van der Waals surface area (Å²) in [6, 6.07) is 3.26. The Labute approximate surface area is 107 Å². The van der Waals surface area contributed by atoms with Crippen LogP contribution in [0.2, 0.25) is 5.02 Å². The second kappa shape index (κ2) is 5.87. The Balaban J connectivity index is 2.86. The summed E-state index contributed by atoms with van der Waals surface area (Å²) in [6.45, 7) is 6.14. The molecule has 1 unspecified atom stereocenters. The maximum absolute atomic E-state index is 12.0. The molecule has 3 N–H and O–H groups in total. The summed E-state index contributed by atoms with van der Waals surface area (Å²) in [4.78, 5) is 15.9. The number of nitrogens with two attached hydrogens (primary N) is 1. The van der Waals surface area contributed by atoms with Crippen molar-refractivity contribution in [1.82, 2.24) is 10.3 Å². The van der Waals surface area contributed by atoms with Crippen LogP contribution >= 0.6 is 11.6 Å². The second-order valence-electron chi connectivity index (χ2n) is 4.30.